The lowest BCUT2D eigenvalue weighted by Crippen LogP contribution is -2.13. The van der Waals surface area contributed by atoms with E-state index in [0.717, 1.165) is 39.1 Å². The van der Waals surface area contributed by atoms with E-state index >= 15 is 0 Å². The second-order valence-corrected chi connectivity index (χ2v) is 8.03. The van der Waals surface area contributed by atoms with Crippen LogP contribution in [0, 0.1) is 13.8 Å². The summed E-state index contributed by atoms with van der Waals surface area (Å²) in [7, 11) is 0. The Labute approximate surface area is 179 Å². The highest BCUT2D eigenvalue weighted by molar-refractivity contribution is 7.98. The van der Waals surface area contributed by atoms with Crippen molar-refractivity contribution in [3.63, 3.8) is 0 Å². The summed E-state index contributed by atoms with van der Waals surface area (Å²) in [4.78, 5) is 25.9. The molecule has 152 valence electrons. The first-order chi connectivity index (χ1) is 14.0. The predicted octanol–water partition coefficient (Wildman–Crippen LogP) is 4.91. The number of nitrogens with one attached hydrogen (secondary N) is 1. The van der Waals surface area contributed by atoms with Crippen molar-refractivity contribution in [3.8, 4) is 17.0 Å². The Hall–Kier alpha value is -2.45. The highest BCUT2D eigenvalue weighted by atomic mass is 32.2. The molecule has 0 radical (unpaired) electrons. The number of aryl methyl sites for hydroxylation is 2. The predicted molar refractivity (Wildman–Crippen MR) is 119 cm³/mol. The van der Waals surface area contributed by atoms with E-state index in [1.54, 1.807) is 0 Å². The molecule has 0 spiro atoms. The summed E-state index contributed by atoms with van der Waals surface area (Å²) >= 11 is 2.94. The van der Waals surface area contributed by atoms with Crippen LogP contribution in [0.15, 0.2) is 34.8 Å². The van der Waals surface area contributed by atoms with Gasteiger partial charge in [-0.2, -0.15) is 0 Å². The molecule has 0 unspecified atom stereocenters. The number of ether oxygens (including phenoxy) is 1. The van der Waals surface area contributed by atoms with E-state index in [0.29, 0.717) is 24.6 Å². The number of rotatable bonds is 8. The van der Waals surface area contributed by atoms with E-state index in [1.807, 2.05) is 56.7 Å². The van der Waals surface area contributed by atoms with Gasteiger partial charge in [0, 0.05) is 28.8 Å². The second kappa shape index (κ2) is 9.84. The van der Waals surface area contributed by atoms with E-state index in [-0.39, 0.29) is 5.91 Å². The first-order valence-corrected chi connectivity index (χ1v) is 11.5. The normalized spacial score (nSPS) is 10.8. The quantitative estimate of drug-likeness (QED) is 0.406. The van der Waals surface area contributed by atoms with Gasteiger partial charge in [0.05, 0.1) is 12.3 Å². The molecule has 0 saturated carbocycles. The van der Waals surface area contributed by atoms with Gasteiger partial charge in [-0.15, -0.1) is 11.3 Å². The molecule has 2 heterocycles. The fraction of sp³-hybridized carbons (Fsp3) is 0.333. The standard InChI is InChI=1S/C21H24N4O2S2/c1-5-27-16-8-6-15(7-9-16)18-12-29-21(24-18)25-19(26)11-10-17-13(2)22-20(28-4)23-14(17)3/h6-9,12H,5,10-11H2,1-4H3,(H,24,25,26). The lowest BCUT2D eigenvalue weighted by molar-refractivity contribution is -0.116. The van der Waals surface area contributed by atoms with Gasteiger partial charge in [-0.05, 0) is 63.3 Å². The SMILES string of the molecule is CCOc1ccc(-c2csc(NC(=O)CCc3c(C)nc(SC)nc3C)n2)cc1. The average molecular weight is 429 g/mol. The molecule has 0 fully saturated rings. The molecule has 3 aromatic rings. The number of thioether (sulfide) groups is 1. The zero-order valence-electron chi connectivity index (χ0n) is 17.0. The third-order valence-corrected chi connectivity index (χ3v) is 5.70. The molecule has 8 heteroatoms. The van der Waals surface area contributed by atoms with Crippen molar-refractivity contribution >= 4 is 34.1 Å². The smallest absolute Gasteiger partial charge is 0.226 e. The molecule has 0 atom stereocenters. The minimum absolute atomic E-state index is 0.0645. The molecular weight excluding hydrogens is 404 g/mol. The molecule has 0 aliphatic heterocycles. The Bertz CT molecular complexity index is 964. The van der Waals surface area contributed by atoms with Gasteiger partial charge < -0.3 is 10.1 Å². The summed E-state index contributed by atoms with van der Waals surface area (Å²) in [6.07, 6.45) is 2.92. The zero-order valence-corrected chi connectivity index (χ0v) is 18.6. The first kappa shape index (κ1) is 21.3. The summed E-state index contributed by atoms with van der Waals surface area (Å²) in [6, 6.07) is 7.78. The van der Waals surface area contributed by atoms with Gasteiger partial charge in [0.15, 0.2) is 10.3 Å². The van der Waals surface area contributed by atoms with Crippen LogP contribution < -0.4 is 10.1 Å². The maximum Gasteiger partial charge on any atom is 0.226 e. The summed E-state index contributed by atoms with van der Waals surface area (Å²) in [6.45, 7) is 6.52. The van der Waals surface area contributed by atoms with Crippen molar-refractivity contribution in [2.24, 2.45) is 0 Å². The van der Waals surface area contributed by atoms with Crippen LogP contribution in [0.25, 0.3) is 11.3 Å². The fourth-order valence-electron chi connectivity index (χ4n) is 2.93. The molecule has 3 rings (SSSR count). The number of nitrogens with zero attached hydrogens (tertiary/aromatic N) is 3. The topological polar surface area (TPSA) is 77.0 Å². The van der Waals surface area contributed by atoms with Crippen molar-refractivity contribution in [2.75, 3.05) is 18.2 Å². The van der Waals surface area contributed by atoms with E-state index in [9.17, 15) is 4.79 Å². The summed E-state index contributed by atoms with van der Waals surface area (Å²) in [5, 5.41) is 6.19. The Kier molecular flexibility index (Phi) is 7.22. The van der Waals surface area contributed by atoms with Crippen LogP contribution in [-0.4, -0.2) is 33.7 Å². The second-order valence-electron chi connectivity index (χ2n) is 6.40. The molecule has 1 aromatic carbocycles. The Balaban J connectivity index is 1.59. The van der Waals surface area contributed by atoms with Gasteiger partial charge in [0.1, 0.15) is 5.75 Å². The van der Waals surface area contributed by atoms with Gasteiger partial charge >= 0.3 is 0 Å². The average Bonchev–Trinajstić information content (AvgIpc) is 3.16. The molecule has 1 N–H and O–H groups in total. The van der Waals surface area contributed by atoms with Crippen LogP contribution in [0.2, 0.25) is 0 Å². The largest absolute Gasteiger partial charge is 0.494 e. The number of amides is 1. The van der Waals surface area contributed by atoms with Gasteiger partial charge in [0.25, 0.3) is 0 Å². The van der Waals surface area contributed by atoms with Crippen LogP contribution in [-0.2, 0) is 11.2 Å². The minimum Gasteiger partial charge on any atom is -0.494 e. The van der Waals surface area contributed by atoms with Crippen molar-refractivity contribution in [3.05, 3.63) is 46.6 Å². The molecular formula is C21H24N4O2S2. The summed E-state index contributed by atoms with van der Waals surface area (Å²) < 4.78 is 5.46. The number of thiazole rings is 1. The number of carbonyl (C=O) groups is 1. The van der Waals surface area contributed by atoms with Crippen molar-refractivity contribution < 1.29 is 9.53 Å². The van der Waals surface area contributed by atoms with Crippen LogP contribution >= 0.6 is 23.1 Å². The molecule has 0 aliphatic carbocycles. The maximum absolute atomic E-state index is 12.4. The van der Waals surface area contributed by atoms with Crippen LogP contribution in [0.3, 0.4) is 0 Å². The van der Waals surface area contributed by atoms with Gasteiger partial charge in [-0.25, -0.2) is 15.0 Å². The van der Waals surface area contributed by atoms with Gasteiger partial charge in [-0.1, -0.05) is 11.8 Å². The number of benzene rings is 1. The van der Waals surface area contributed by atoms with Crippen molar-refractivity contribution in [1.82, 2.24) is 15.0 Å². The molecule has 0 saturated heterocycles. The number of carbonyl (C=O) groups excluding carboxylic acids is 1. The number of aromatic nitrogens is 3. The maximum atomic E-state index is 12.4. The molecule has 29 heavy (non-hydrogen) atoms. The molecule has 1 amide bonds. The van der Waals surface area contributed by atoms with Crippen molar-refractivity contribution in [1.29, 1.82) is 0 Å². The fourth-order valence-corrected chi connectivity index (χ4v) is 4.13. The lowest BCUT2D eigenvalue weighted by atomic mass is 10.1. The Morgan fingerprint density at radius 2 is 1.83 bits per heavy atom. The summed E-state index contributed by atoms with van der Waals surface area (Å²) in [5.41, 5.74) is 4.72. The van der Waals surface area contributed by atoms with Gasteiger partial charge in [0.2, 0.25) is 5.91 Å². The number of hydrogen-bond donors (Lipinski definition) is 1. The van der Waals surface area contributed by atoms with E-state index in [1.165, 1.54) is 23.1 Å². The zero-order chi connectivity index (χ0) is 20.8. The third kappa shape index (κ3) is 5.55. The molecule has 0 aliphatic rings. The lowest BCUT2D eigenvalue weighted by Gasteiger charge is -2.09. The molecule has 6 nitrogen and oxygen atoms in total. The van der Waals surface area contributed by atoms with Gasteiger partial charge in [-0.3, -0.25) is 4.79 Å². The van der Waals surface area contributed by atoms with E-state index < -0.39 is 0 Å². The number of hydrogen-bond acceptors (Lipinski definition) is 7. The number of anilines is 1. The Morgan fingerprint density at radius 1 is 1.14 bits per heavy atom. The molecule has 2 aromatic heterocycles. The van der Waals surface area contributed by atoms with Crippen LogP contribution in [0.4, 0.5) is 5.13 Å². The van der Waals surface area contributed by atoms with Crippen LogP contribution in [0.1, 0.15) is 30.3 Å². The molecule has 0 bridgehead atoms. The van der Waals surface area contributed by atoms with Crippen molar-refractivity contribution in [2.45, 2.75) is 38.8 Å². The monoisotopic (exact) mass is 428 g/mol. The third-order valence-electron chi connectivity index (χ3n) is 4.40. The highest BCUT2D eigenvalue weighted by Gasteiger charge is 2.12. The first-order valence-electron chi connectivity index (χ1n) is 9.37. The summed E-state index contributed by atoms with van der Waals surface area (Å²) in [5.74, 6) is 0.769. The highest BCUT2D eigenvalue weighted by Crippen LogP contribution is 2.27. The Morgan fingerprint density at radius 3 is 2.45 bits per heavy atom. The van der Waals surface area contributed by atoms with E-state index in [2.05, 4.69) is 20.3 Å². The van der Waals surface area contributed by atoms with E-state index in [4.69, 9.17) is 4.74 Å². The minimum atomic E-state index is -0.0645. The van der Waals surface area contributed by atoms with Crippen LogP contribution in [0.5, 0.6) is 5.75 Å².